The second kappa shape index (κ2) is 9.54. The molecule has 2 heterocycles. The molecule has 0 atom stereocenters. The van der Waals surface area contributed by atoms with Crippen molar-refractivity contribution in [2.45, 2.75) is 26.2 Å². The molecular weight excluding hydrogens is 458 g/mol. The number of carbonyl (C=O) groups excluding carboxylic acids is 2. The summed E-state index contributed by atoms with van der Waals surface area (Å²) in [6.07, 6.45) is 4.78. The average molecular weight is 481 g/mol. The fraction of sp³-hybridized carbons (Fsp3) is 0.400. The lowest BCUT2D eigenvalue weighted by Crippen LogP contribution is -2.36. The predicted octanol–water partition coefficient (Wildman–Crippen LogP) is 3.90. The lowest BCUT2D eigenvalue weighted by Gasteiger charge is -2.27. The maximum absolute atomic E-state index is 12.8. The van der Waals surface area contributed by atoms with Crippen molar-refractivity contribution in [1.29, 1.82) is 0 Å². The highest BCUT2D eigenvalue weighted by atomic mass is 79.9. The smallest absolute Gasteiger partial charge is 0.274 e. The molecule has 7 nitrogen and oxygen atoms in total. The largest absolute Gasteiger partial charge is 0.341 e. The molecule has 0 saturated carbocycles. The number of aryl methyl sites for hydroxylation is 1. The van der Waals surface area contributed by atoms with Crippen molar-refractivity contribution in [2.75, 3.05) is 36.9 Å². The average Bonchev–Trinajstić information content (AvgIpc) is 2.70. The van der Waals surface area contributed by atoms with E-state index in [1.54, 1.807) is 7.05 Å². The van der Waals surface area contributed by atoms with Crippen molar-refractivity contribution in [2.24, 2.45) is 0 Å². The molecule has 2 amide bonds. The number of halogens is 2. The molecule has 2 aromatic rings. The Morgan fingerprint density at radius 3 is 2.69 bits per heavy atom. The van der Waals surface area contributed by atoms with Crippen LogP contribution < -0.4 is 10.2 Å². The van der Waals surface area contributed by atoms with Crippen LogP contribution >= 0.6 is 27.5 Å². The van der Waals surface area contributed by atoms with Gasteiger partial charge in [0, 0.05) is 30.3 Å². The zero-order chi connectivity index (χ0) is 21.0. The second-order valence-corrected chi connectivity index (χ2v) is 8.41. The zero-order valence-electron chi connectivity index (χ0n) is 16.4. The summed E-state index contributed by atoms with van der Waals surface area (Å²) in [4.78, 5) is 37.3. The Labute approximate surface area is 183 Å². The van der Waals surface area contributed by atoms with Crippen molar-refractivity contribution in [3.63, 3.8) is 0 Å². The van der Waals surface area contributed by atoms with E-state index in [2.05, 4.69) is 36.1 Å². The summed E-state index contributed by atoms with van der Waals surface area (Å²) in [7, 11) is 1.55. The lowest BCUT2D eigenvalue weighted by molar-refractivity contribution is -0.116. The van der Waals surface area contributed by atoms with Gasteiger partial charge in [0.1, 0.15) is 0 Å². The molecule has 1 aliphatic heterocycles. The monoisotopic (exact) mass is 479 g/mol. The van der Waals surface area contributed by atoms with Crippen LogP contribution in [0, 0.1) is 6.92 Å². The third-order valence-electron chi connectivity index (χ3n) is 4.76. The van der Waals surface area contributed by atoms with E-state index in [-0.39, 0.29) is 23.2 Å². The van der Waals surface area contributed by atoms with Gasteiger partial charge in [-0.3, -0.25) is 9.59 Å². The minimum atomic E-state index is -0.418. The number of benzene rings is 1. The van der Waals surface area contributed by atoms with Gasteiger partial charge < -0.3 is 15.1 Å². The normalized spacial score (nSPS) is 13.9. The summed E-state index contributed by atoms with van der Waals surface area (Å²) in [5, 5.41) is 3.00. The molecule has 29 heavy (non-hydrogen) atoms. The quantitative estimate of drug-likeness (QED) is 0.702. The SMILES string of the molecule is Cc1cc(Br)ccc1NC(=O)CN(C)C(=O)c1nc(N2CCCCC2)ncc1Cl. The summed E-state index contributed by atoms with van der Waals surface area (Å²) >= 11 is 9.58. The number of nitrogens with one attached hydrogen (secondary N) is 1. The van der Waals surface area contributed by atoms with E-state index in [0.717, 1.165) is 36.0 Å². The van der Waals surface area contributed by atoms with Crippen LogP contribution in [0.1, 0.15) is 35.3 Å². The minimum Gasteiger partial charge on any atom is -0.341 e. The van der Waals surface area contributed by atoms with Crippen LogP contribution in [-0.2, 0) is 4.79 Å². The maximum atomic E-state index is 12.8. The highest BCUT2D eigenvalue weighted by molar-refractivity contribution is 9.10. The number of aromatic nitrogens is 2. The molecule has 1 aromatic heterocycles. The first-order valence-corrected chi connectivity index (χ1v) is 10.6. The number of carbonyl (C=O) groups is 2. The van der Waals surface area contributed by atoms with Crippen LogP contribution in [-0.4, -0.2) is 53.4 Å². The Hall–Kier alpha value is -2.19. The van der Waals surface area contributed by atoms with Gasteiger partial charge in [0.2, 0.25) is 11.9 Å². The number of anilines is 2. The van der Waals surface area contributed by atoms with Gasteiger partial charge in [0.05, 0.1) is 17.8 Å². The van der Waals surface area contributed by atoms with Gasteiger partial charge in [-0.25, -0.2) is 9.97 Å². The van der Waals surface area contributed by atoms with Crippen molar-refractivity contribution in [3.05, 3.63) is 45.1 Å². The molecule has 0 radical (unpaired) electrons. The molecule has 9 heteroatoms. The summed E-state index contributed by atoms with van der Waals surface area (Å²) < 4.78 is 0.934. The van der Waals surface area contributed by atoms with E-state index in [1.165, 1.54) is 17.5 Å². The van der Waals surface area contributed by atoms with E-state index in [1.807, 2.05) is 25.1 Å². The summed E-state index contributed by atoms with van der Waals surface area (Å²) in [5.74, 6) is -0.216. The van der Waals surface area contributed by atoms with E-state index >= 15 is 0 Å². The minimum absolute atomic E-state index is 0.109. The van der Waals surface area contributed by atoms with Crippen molar-refractivity contribution < 1.29 is 9.59 Å². The lowest BCUT2D eigenvalue weighted by atomic mass is 10.1. The summed E-state index contributed by atoms with van der Waals surface area (Å²) in [6, 6.07) is 5.57. The van der Waals surface area contributed by atoms with Gasteiger partial charge in [-0.05, 0) is 49.9 Å². The van der Waals surface area contributed by atoms with Gasteiger partial charge >= 0.3 is 0 Å². The van der Waals surface area contributed by atoms with E-state index < -0.39 is 5.91 Å². The van der Waals surface area contributed by atoms with Crippen LogP contribution in [0.3, 0.4) is 0 Å². The second-order valence-electron chi connectivity index (χ2n) is 7.08. The molecule has 3 rings (SSSR count). The topological polar surface area (TPSA) is 78.4 Å². The molecule has 154 valence electrons. The van der Waals surface area contributed by atoms with Crippen molar-refractivity contribution in [3.8, 4) is 0 Å². The molecule has 1 aromatic carbocycles. The van der Waals surface area contributed by atoms with Gasteiger partial charge in [-0.15, -0.1) is 0 Å². The molecule has 1 N–H and O–H groups in total. The summed E-state index contributed by atoms with van der Waals surface area (Å²) in [6.45, 7) is 3.51. The summed E-state index contributed by atoms with van der Waals surface area (Å²) in [5.41, 5.74) is 1.73. The fourth-order valence-electron chi connectivity index (χ4n) is 3.18. The molecular formula is C20H23BrClN5O2. The number of hydrogen-bond acceptors (Lipinski definition) is 5. The number of amides is 2. The number of hydrogen-bond donors (Lipinski definition) is 1. The van der Waals surface area contributed by atoms with Crippen LogP contribution in [0.4, 0.5) is 11.6 Å². The standard InChI is InChI=1S/C20H23BrClN5O2/c1-13-10-14(21)6-7-16(13)24-17(28)12-26(2)19(29)18-15(22)11-23-20(25-18)27-8-4-3-5-9-27/h6-7,10-11H,3-5,8-9,12H2,1-2H3,(H,24,28). The van der Waals surface area contributed by atoms with Crippen molar-refractivity contribution >= 4 is 51.0 Å². The van der Waals surface area contributed by atoms with E-state index in [0.29, 0.717) is 11.6 Å². The van der Waals surface area contributed by atoms with Crippen LogP contribution in [0.5, 0.6) is 0 Å². The van der Waals surface area contributed by atoms with Gasteiger partial charge in [0.15, 0.2) is 5.69 Å². The van der Waals surface area contributed by atoms with Gasteiger partial charge in [-0.2, -0.15) is 0 Å². The molecule has 1 aliphatic rings. The predicted molar refractivity (Wildman–Crippen MR) is 118 cm³/mol. The van der Waals surface area contributed by atoms with Gasteiger partial charge in [0.25, 0.3) is 5.91 Å². The zero-order valence-corrected chi connectivity index (χ0v) is 18.8. The number of piperidine rings is 1. The molecule has 1 fully saturated rings. The van der Waals surface area contributed by atoms with E-state index in [4.69, 9.17) is 11.6 Å². The highest BCUT2D eigenvalue weighted by Gasteiger charge is 2.22. The van der Waals surface area contributed by atoms with Crippen LogP contribution in [0.15, 0.2) is 28.9 Å². The molecule has 0 aliphatic carbocycles. The van der Waals surface area contributed by atoms with E-state index in [9.17, 15) is 9.59 Å². The fourth-order valence-corrected chi connectivity index (χ4v) is 3.83. The Bertz CT molecular complexity index is 918. The number of likely N-dealkylation sites (N-methyl/N-ethyl adjacent to an activating group) is 1. The van der Waals surface area contributed by atoms with Crippen LogP contribution in [0.2, 0.25) is 5.02 Å². The Morgan fingerprint density at radius 1 is 1.28 bits per heavy atom. The molecule has 0 bridgehead atoms. The third kappa shape index (κ3) is 5.45. The molecule has 0 spiro atoms. The van der Waals surface area contributed by atoms with Crippen LogP contribution in [0.25, 0.3) is 0 Å². The Kier molecular flexibility index (Phi) is 7.08. The van der Waals surface area contributed by atoms with Crippen molar-refractivity contribution in [1.82, 2.24) is 14.9 Å². The third-order valence-corrected chi connectivity index (χ3v) is 5.53. The van der Waals surface area contributed by atoms with Gasteiger partial charge in [-0.1, -0.05) is 27.5 Å². The maximum Gasteiger partial charge on any atom is 0.274 e. The first-order chi connectivity index (χ1) is 13.8. The first kappa shape index (κ1) is 21.5. The Morgan fingerprint density at radius 2 is 2.00 bits per heavy atom. The molecule has 0 unspecified atom stereocenters. The number of rotatable bonds is 5. The Balaban J connectivity index is 1.68. The number of nitrogens with zero attached hydrogens (tertiary/aromatic N) is 4. The highest BCUT2D eigenvalue weighted by Crippen LogP contribution is 2.22. The molecule has 1 saturated heterocycles. The first-order valence-electron chi connectivity index (χ1n) is 9.44.